The van der Waals surface area contributed by atoms with Crippen LogP contribution in [0.1, 0.15) is 19.8 Å². The topological polar surface area (TPSA) is 21.3 Å². The lowest BCUT2D eigenvalue weighted by atomic mass is 9.75. The maximum Gasteiger partial charge on any atom is 0.0587 e. The molecule has 0 aliphatic heterocycles. The zero-order chi connectivity index (χ0) is 8.10. The molecule has 2 atom stereocenters. The third-order valence-electron chi connectivity index (χ3n) is 2.69. The van der Waals surface area contributed by atoms with Crippen molar-refractivity contribution in [2.45, 2.75) is 19.8 Å². The molecule has 0 spiro atoms. The Labute approximate surface area is 69.3 Å². The van der Waals surface area contributed by atoms with Gasteiger partial charge in [-0.2, -0.15) is 0 Å². The average Bonchev–Trinajstić information content (AvgIpc) is 2.02. The van der Waals surface area contributed by atoms with Crippen LogP contribution in [0.2, 0.25) is 0 Å². The fraction of sp³-hybridized carbons (Fsp3) is 1.00. The number of methoxy groups -OCH3 is 1. The van der Waals surface area contributed by atoms with Crippen molar-refractivity contribution in [2.24, 2.45) is 11.8 Å². The van der Waals surface area contributed by atoms with Crippen LogP contribution in [0.5, 0.6) is 0 Å². The van der Waals surface area contributed by atoms with Gasteiger partial charge in [-0.25, -0.2) is 0 Å². The van der Waals surface area contributed by atoms with Gasteiger partial charge in [-0.1, -0.05) is 13.3 Å². The molecule has 1 fully saturated rings. The summed E-state index contributed by atoms with van der Waals surface area (Å²) < 4.78 is 4.94. The zero-order valence-electron chi connectivity index (χ0n) is 7.60. The summed E-state index contributed by atoms with van der Waals surface area (Å²) in [5.41, 5.74) is 0. The second kappa shape index (κ2) is 4.73. The van der Waals surface area contributed by atoms with Gasteiger partial charge in [-0.05, 0) is 24.8 Å². The first kappa shape index (κ1) is 9.01. The van der Waals surface area contributed by atoms with E-state index in [1.807, 2.05) is 0 Å². The summed E-state index contributed by atoms with van der Waals surface area (Å²) >= 11 is 0. The molecule has 0 aromatic carbocycles. The molecule has 2 nitrogen and oxygen atoms in total. The molecule has 1 rings (SSSR count). The van der Waals surface area contributed by atoms with Crippen LogP contribution in [-0.4, -0.2) is 26.8 Å². The summed E-state index contributed by atoms with van der Waals surface area (Å²) in [6.45, 7) is 5.36. The molecule has 66 valence electrons. The summed E-state index contributed by atoms with van der Waals surface area (Å²) in [7, 11) is 1.74. The first-order valence-corrected chi connectivity index (χ1v) is 4.54. The number of hydrogen-bond acceptors (Lipinski definition) is 2. The summed E-state index contributed by atoms with van der Waals surface area (Å²) in [4.78, 5) is 0. The molecule has 0 heterocycles. The van der Waals surface area contributed by atoms with Gasteiger partial charge in [0.15, 0.2) is 0 Å². The van der Waals surface area contributed by atoms with E-state index < -0.39 is 0 Å². The predicted octanol–water partition coefficient (Wildman–Crippen LogP) is 1.27. The van der Waals surface area contributed by atoms with Crippen LogP contribution < -0.4 is 5.32 Å². The lowest BCUT2D eigenvalue weighted by Gasteiger charge is -2.33. The Bertz CT molecular complexity index is 106. The van der Waals surface area contributed by atoms with E-state index in [-0.39, 0.29) is 0 Å². The molecule has 2 heteroatoms. The van der Waals surface area contributed by atoms with Gasteiger partial charge in [-0.3, -0.25) is 0 Å². The van der Waals surface area contributed by atoms with E-state index in [2.05, 4.69) is 12.2 Å². The Balaban J connectivity index is 1.87. The van der Waals surface area contributed by atoms with Gasteiger partial charge >= 0.3 is 0 Å². The molecule has 1 aliphatic carbocycles. The van der Waals surface area contributed by atoms with Crippen LogP contribution >= 0.6 is 0 Å². The molecule has 1 aliphatic rings. The SMILES string of the molecule is COCCNCC1CCC1C. The second-order valence-electron chi connectivity index (χ2n) is 3.51. The van der Waals surface area contributed by atoms with Gasteiger partial charge in [0, 0.05) is 13.7 Å². The van der Waals surface area contributed by atoms with Crippen LogP contribution in [0.3, 0.4) is 0 Å². The number of rotatable bonds is 5. The zero-order valence-corrected chi connectivity index (χ0v) is 7.60. The van der Waals surface area contributed by atoms with Crippen LogP contribution in [0.15, 0.2) is 0 Å². The van der Waals surface area contributed by atoms with E-state index >= 15 is 0 Å². The van der Waals surface area contributed by atoms with Gasteiger partial charge < -0.3 is 10.1 Å². The van der Waals surface area contributed by atoms with Crippen molar-refractivity contribution in [3.63, 3.8) is 0 Å². The monoisotopic (exact) mass is 157 g/mol. The highest BCUT2D eigenvalue weighted by Gasteiger charge is 2.25. The van der Waals surface area contributed by atoms with Crippen molar-refractivity contribution in [3.05, 3.63) is 0 Å². The largest absolute Gasteiger partial charge is 0.383 e. The molecule has 0 bridgehead atoms. The number of nitrogens with one attached hydrogen (secondary N) is 1. The molecule has 2 unspecified atom stereocenters. The highest BCUT2D eigenvalue weighted by Crippen LogP contribution is 2.32. The maximum absolute atomic E-state index is 4.94. The Morgan fingerprint density at radius 2 is 2.27 bits per heavy atom. The third kappa shape index (κ3) is 2.80. The molecule has 1 N–H and O–H groups in total. The van der Waals surface area contributed by atoms with E-state index in [4.69, 9.17) is 4.74 Å². The van der Waals surface area contributed by atoms with E-state index in [0.717, 1.165) is 25.0 Å². The Morgan fingerprint density at radius 1 is 1.45 bits per heavy atom. The van der Waals surface area contributed by atoms with Gasteiger partial charge in [0.1, 0.15) is 0 Å². The maximum atomic E-state index is 4.94. The quantitative estimate of drug-likeness (QED) is 0.607. The normalized spacial score (nSPS) is 30.0. The highest BCUT2D eigenvalue weighted by molar-refractivity contribution is 4.78. The fourth-order valence-corrected chi connectivity index (χ4v) is 1.50. The van der Waals surface area contributed by atoms with E-state index in [0.29, 0.717) is 0 Å². The molecule has 0 amide bonds. The molecule has 0 radical (unpaired) electrons. The minimum atomic E-state index is 0.834. The van der Waals surface area contributed by atoms with Gasteiger partial charge in [0.05, 0.1) is 6.61 Å². The predicted molar refractivity (Wildman–Crippen MR) is 46.6 cm³/mol. The molecule has 0 aromatic heterocycles. The van der Waals surface area contributed by atoms with E-state index in [1.54, 1.807) is 7.11 Å². The molecular formula is C9H19NO. The fourth-order valence-electron chi connectivity index (χ4n) is 1.50. The molecule has 11 heavy (non-hydrogen) atoms. The standard InChI is InChI=1S/C9H19NO/c1-8-3-4-9(8)7-10-5-6-11-2/h8-10H,3-7H2,1-2H3. The Morgan fingerprint density at radius 3 is 2.73 bits per heavy atom. The summed E-state index contributed by atoms with van der Waals surface area (Å²) in [6, 6.07) is 0. The lowest BCUT2D eigenvalue weighted by Crippen LogP contribution is -2.34. The van der Waals surface area contributed by atoms with Crippen molar-refractivity contribution < 1.29 is 4.74 Å². The van der Waals surface area contributed by atoms with Crippen LogP contribution in [0, 0.1) is 11.8 Å². The Kier molecular flexibility index (Phi) is 3.87. The second-order valence-corrected chi connectivity index (χ2v) is 3.51. The molecular weight excluding hydrogens is 138 g/mol. The van der Waals surface area contributed by atoms with Crippen molar-refractivity contribution in [3.8, 4) is 0 Å². The summed E-state index contributed by atoms with van der Waals surface area (Å²) in [5, 5.41) is 3.39. The van der Waals surface area contributed by atoms with Crippen molar-refractivity contribution in [1.82, 2.24) is 5.32 Å². The molecule has 1 saturated carbocycles. The molecule has 0 saturated heterocycles. The van der Waals surface area contributed by atoms with Gasteiger partial charge in [-0.15, -0.1) is 0 Å². The number of ether oxygens (including phenoxy) is 1. The minimum absolute atomic E-state index is 0.834. The van der Waals surface area contributed by atoms with Crippen molar-refractivity contribution in [1.29, 1.82) is 0 Å². The first-order valence-electron chi connectivity index (χ1n) is 4.54. The molecule has 0 aromatic rings. The highest BCUT2D eigenvalue weighted by atomic mass is 16.5. The third-order valence-corrected chi connectivity index (χ3v) is 2.69. The summed E-state index contributed by atoms with van der Waals surface area (Å²) in [5.74, 6) is 1.89. The van der Waals surface area contributed by atoms with Crippen LogP contribution in [0.4, 0.5) is 0 Å². The van der Waals surface area contributed by atoms with Crippen LogP contribution in [0.25, 0.3) is 0 Å². The van der Waals surface area contributed by atoms with Crippen molar-refractivity contribution >= 4 is 0 Å². The van der Waals surface area contributed by atoms with E-state index in [9.17, 15) is 0 Å². The average molecular weight is 157 g/mol. The minimum Gasteiger partial charge on any atom is -0.383 e. The lowest BCUT2D eigenvalue weighted by molar-refractivity contribution is 0.171. The summed E-state index contributed by atoms with van der Waals surface area (Å²) in [6.07, 6.45) is 2.85. The van der Waals surface area contributed by atoms with Crippen LogP contribution in [-0.2, 0) is 4.74 Å². The first-order chi connectivity index (χ1) is 5.34. The van der Waals surface area contributed by atoms with Gasteiger partial charge in [0.25, 0.3) is 0 Å². The van der Waals surface area contributed by atoms with Gasteiger partial charge in [0.2, 0.25) is 0 Å². The number of hydrogen-bond donors (Lipinski definition) is 1. The Hall–Kier alpha value is -0.0800. The smallest absolute Gasteiger partial charge is 0.0587 e. The van der Waals surface area contributed by atoms with E-state index in [1.165, 1.54) is 19.4 Å². The van der Waals surface area contributed by atoms with Crippen molar-refractivity contribution in [2.75, 3.05) is 26.8 Å².